The maximum atomic E-state index is 12.4. The van der Waals surface area contributed by atoms with Crippen LogP contribution in [0.5, 0.6) is 0 Å². The second-order valence-electron chi connectivity index (χ2n) is 4.52. The fourth-order valence-electron chi connectivity index (χ4n) is 1.65. The van der Waals surface area contributed by atoms with E-state index in [0.717, 1.165) is 17.9 Å². The van der Waals surface area contributed by atoms with Crippen LogP contribution in [0.25, 0.3) is 0 Å². The van der Waals surface area contributed by atoms with Gasteiger partial charge >= 0.3 is 0 Å². The van der Waals surface area contributed by atoms with E-state index in [4.69, 9.17) is 29.6 Å². The van der Waals surface area contributed by atoms with Gasteiger partial charge in [0.25, 0.3) is 0 Å². The molecule has 1 aromatic rings. The van der Waals surface area contributed by atoms with Crippen molar-refractivity contribution in [2.75, 3.05) is 11.5 Å². The molecule has 1 atom stereocenters. The lowest BCUT2D eigenvalue weighted by Gasteiger charge is -2.15. The maximum Gasteiger partial charge on any atom is 0.242 e. The standard InChI is InChI=1S/C13H19ClN2O2S3/c1-3-20-7-6-9(2)16-21(17,18)12-8-10(13(15)19)4-5-11(12)14/h4-5,8-9,16H,3,6-7H2,1-2H3,(H2,15,19). The van der Waals surface area contributed by atoms with Crippen LogP contribution in [0.4, 0.5) is 0 Å². The first-order valence-corrected chi connectivity index (χ1v) is 9.89. The minimum Gasteiger partial charge on any atom is -0.389 e. The lowest BCUT2D eigenvalue weighted by Crippen LogP contribution is -2.33. The van der Waals surface area contributed by atoms with Crippen molar-refractivity contribution in [3.63, 3.8) is 0 Å². The van der Waals surface area contributed by atoms with Gasteiger partial charge in [0.2, 0.25) is 10.0 Å². The molecule has 1 aromatic carbocycles. The van der Waals surface area contributed by atoms with E-state index in [1.54, 1.807) is 17.8 Å². The van der Waals surface area contributed by atoms with Gasteiger partial charge in [-0.25, -0.2) is 13.1 Å². The summed E-state index contributed by atoms with van der Waals surface area (Å²) in [4.78, 5) is 0.139. The van der Waals surface area contributed by atoms with E-state index in [1.165, 1.54) is 12.1 Å². The first-order valence-electron chi connectivity index (χ1n) is 6.47. The number of halogens is 1. The zero-order valence-electron chi connectivity index (χ0n) is 11.9. The average molecular weight is 367 g/mol. The molecule has 0 bridgehead atoms. The van der Waals surface area contributed by atoms with Crippen molar-refractivity contribution in [1.82, 2.24) is 4.72 Å². The first-order chi connectivity index (χ1) is 9.77. The van der Waals surface area contributed by atoms with Crippen LogP contribution in [0.3, 0.4) is 0 Å². The number of nitrogens with two attached hydrogens (primary N) is 1. The highest BCUT2D eigenvalue weighted by atomic mass is 35.5. The molecule has 3 N–H and O–H groups in total. The molecule has 0 amide bonds. The number of nitrogens with one attached hydrogen (secondary N) is 1. The van der Waals surface area contributed by atoms with Gasteiger partial charge in [0, 0.05) is 11.6 Å². The van der Waals surface area contributed by atoms with Gasteiger partial charge in [-0.15, -0.1) is 0 Å². The molecule has 0 aliphatic heterocycles. The van der Waals surface area contributed by atoms with Crippen molar-refractivity contribution < 1.29 is 8.42 Å². The predicted octanol–water partition coefficient (Wildman–Crippen LogP) is 2.78. The zero-order valence-corrected chi connectivity index (χ0v) is 15.1. The van der Waals surface area contributed by atoms with Crippen LogP contribution in [0.2, 0.25) is 5.02 Å². The van der Waals surface area contributed by atoms with Crippen LogP contribution in [-0.2, 0) is 10.0 Å². The predicted molar refractivity (Wildman–Crippen MR) is 94.7 cm³/mol. The van der Waals surface area contributed by atoms with Crippen LogP contribution < -0.4 is 10.5 Å². The molecule has 8 heteroatoms. The zero-order chi connectivity index (χ0) is 16.0. The van der Waals surface area contributed by atoms with E-state index in [2.05, 4.69) is 11.6 Å². The van der Waals surface area contributed by atoms with Gasteiger partial charge < -0.3 is 5.73 Å². The minimum atomic E-state index is -3.69. The topological polar surface area (TPSA) is 72.2 Å². The highest BCUT2D eigenvalue weighted by Gasteiger charge is 2.21. The smallest absolute Gasteiger partial charge is 0.242 e. The number of hydrogen-bond acceptors (Lipinski definition) is 4. The van der Waals surface area contributed by atoms with Gasteiger partial charge in [0.15, 0.2) is 0 Å². The number of benzene rings is 1. The molecule has 0 fully saturated rings. The summed E-state index contributed by atoms with van der Waals surface area (Å²) in [5.41, 5.74) is 6.00. The highest BCUT2D eigenvalue weighted by molar-refractivity contribution is 7.99. The molecular formula is C13H19ClN2O2S3. The van der Waals surface area contributed by atoms with Crippen LogP contribution in [0.15, 0.2) is 23.1 Å². The molecule has 0 aromatic heterocycles. The van der Waals surface area contributed by atoms with Crippen molar-refractivity contribution >= 4 is 50.6 Å². The summed E-state index contributed by atoms with van der Waals surface area (Å²) in [6, 6.07) is 4.33. The van der Waals surface area contributed by atoms with Gasteiger partial charge in [0.1, 0.15) is 9.88 Å². The van der Waals surface area contributed by atoms with Crippen LogP contribution in [0.1, 0.15) is 25.8 Å². The largest absolute Gasteiger partial charge is 0.389 e. The number of rotatable bonds is 8. The van der Waals surface area contributed by atoms with Crippen molar-refractivity contribution in [3.8, 4) is 0 Å². The fourth-order valence-corrected chi connectivity index (χ4v) is 4.39. The second-order valence-corrected chi connectivity index (χ2v) is 8.44. The Morgan fingerprint density at radius 3 is 2.76 bits per heavy atom. The SMILES string of the molecule is CCSCCC(C)NS(=O)(=O)c1cc(C(N)=S)ccc1Cl. The first kappa shape index (κ1) is 18.7. The van der Waals surface area contributed by atoms with Crippen molar-refractivity contribution in [2.45, 2.75) is 31.2 Å². The van der Waals surface area contributed by atoms with E-state index < -0.39 is 10.0 Å². The molecule has 0 heterocycles. The van der Waals surface area contributed by atoms with Gasteiger partial charge in [-0.1, -0.05) is 36.8 Å². The summed E-state index contributed by atoms with van der Waals surface area (Å²) in [7, 11) is -3.69. The Morgan fingerprint density at radius 2 is 2.19 bits per heavy atom. The van der Waals surface area contributed by atoms with E-state index >= 15 is 0 Å². The monoisotopic (exact) mass is 366 g/mol. The molecule has 0 saturated carbocycles. The molecule has 0 spiro atoms. The van der Waals surface area contributed by atoms with Crippen LogP contribution >= 0.6 is 35.6 Å². The third kappa shape index (κ3) is 5.75. The lowest BCUT2D eigenvalue weighted by molar-refractivity contribution is 0.557. The van der Waals surface area contributed by atoms with Gasteiger partial charge in [-0.3, -0.25) is 0 Å². The third-order valence-electron chi connectivity index (χ3n) is 2.76. The lowest BCUT2D eigenvalue weighted by atomic mass is 10.2. The summed E-state index contributed by atoms with van der Waals surface area (Å²) < 4.78 is 27.4. The van der Waals surface area contributed by atoms with E-state index in [1.807, 2.05) is 6.92 Å². The Balaban J connectivity index is 2.92. The minimum absolute atomic E-state index is 0.00413. The molecule has 0 saturated heterocycles. The van der Waals surface area contributed by atoms with Crippen molar-refractivity contribution in [2.24, 2.45) is 5.73 Å². The van der Waals surface area contributed by atoms with Crippen LogP contribution in [0, 0.1) is 0 Å². The molecule has 1 rings (SSSR count). The quantitative estimate of drug-likeness (QED) is 0.546. The summed E-state index contributed by atoms with van der Waals surface area (Å²) in [6.07, 6.45) is 0.754. The Kier molecular flexibility index (Phi) is 7.42. The van der Waals surface area contributed by atoms with E-state index in [9.17, 15) is 8.42 Å². The summed E-state index contributed by atoms with van der Waals surface area (Å²) in [5.74, 6) is 1.92. The Morgan fingerprint density at radius 1 is 1.52 bits per heavy atom. The normalized spacial score (nSPS) is 13.1. The summed E-state index contributed by atoms with van der Waals surface area (Å²) >= 11 is 12.6. The van der Waals surface area contributed by atoms with Gasteiger partial charge in [0.05, 0.1) is 5.02 Å². The van der Waals surface area contributed by atoms with Gasteiger partial charge in [-0.2, -0.15) is 11.8 Å². The van der Waals surface area contributed by atoms with Crippen molar-refractivity contribution in [1.29, 1.82) is 0 Å². The molecule has 118 valence electrons. The van der Waals surface area contributed by atoms with Crippen molar-refractivity contribution in [3.05, 3.63) is 28.8 Å². The molecule has 0 aliphatic rings. The fraction of sp³-hybridized carbons (Fsp3) is 0.462. The Bertz CT molecular complexity index is 605. The third-order valence-corrected chi connectivity index (χ3v) is 6.00. The second kappa shape index (κ2) is 8.33. The number of thiocarbonyl (C=S) groups is 1. The summed E-state index contributed by atoms with van der Waals surface area (Å²) in [6.45, 7) is 3.90. The number of sulfonamides is 1. The Hall–Kier alpha value is -0.340. The molecule has 21 heavy (non-hydrogen) atoms. The average Bonchev–Trinajstić information content (AvgIpc) is 2.38. The molecular weight excluding hydrogens is 348 g/mol. The van der Waals surface area contributed by atoms with Crippen LogP contribution in [-0.4, -0.2) is 31.0 Å². The molecule has 4 nitrogen and oxygen atoms in total. The van der Waals surface area contributed by atoms with E-state index in [-0.39, 0.29) is 20.9 Å². The molecule has 0 radical (unpaired) electrons. The maximum absolute atomic E-state index is 12.4. The highest BCUT2D eigenvalue weighted by Crippen LogP contribution is 2.23. The number of thioether (sulfide) groups is 1. The summed E-state index contributed by atoms with van der Waals surface area (Å²) in [5, 5.41) is 0.151. The van der Waals surface area contributed by atoms with E-state index in [0.29, 0.717) is 5.56 Å². The number of hydrogen-bond donors (Lipinski definition) is 2. The molecule has 1 unspecified atom stereocenters. The molecule has 0 aliphatic carbocycles. The Labute approximate surface area is 140 Å². The van der Waals surface area contributed by atoms with Gasteiger partial charge in [-0.05, 0) is 37.0 Å².